The van der Waals surface area contributed by atoms with Crippen molar-refractivity contribution >= 4 is 0 Å². The van der Waals surface area contributed by atoms with Crippen molar-refractivity contribution in [1.82, 2.24) is 15.1 Å². The summed E-state index contributed by atoms with van der Waals surface area (Å²) in [7, 11) is 1.88. The Labute approximate surface area is 99.1 Å². The van der Waals surface area contributed by atoms with E-state index in [1.54, 1.807) is 19.1 Å². The highest BCUT2D eigenvalue weighted by Gasteiger charge is 2.09. The van der Waals surface area contributed by atoms with Gasteiger partial charge in [-0.15, -0.1) is 10.2 Å². The number of benzene rings is 1. The van der Waals surface area contributed by atoms with Crippen LogP contribution in [0.25, 0.3) is 0 Å². The summed E-state index contributed by atoms with van der Waals surface area (Å²) in [6, 6.07) is 6.73. The van der Waals surface area contributed by atoms with E-state index in [0.29, 0.717) is 30.4 Å². The molecule has 0 aliphatic carbocycles. The number of hydrogen-bond donors (Lipinski definition) is 0. The molecule has 0 atom stereocenters. The predicted molar refractivity (Wildman–Crippen MR) is 60.6 cm³/mol. The lowest BCUT2D eigenvalue weighted by Gasteiger charge is -2.14. The maximum Gasteiger partial charge on any atom is 0.230 e. The average molecular weight is 235 g/mol. The zero-order valence-corrected chi connectivity index (χ0v) is 9.85. The summed E-state index contributed by atoms with van der Waals surface area (Å²) < 4.78 is 18.7. The Hall–Kier alpha value is -1.75. The van der Waals surface area contributed by atoms with E-state index >= 15 is 0 Å². The van der Waals surface area contributed by atoms with Crippen molar-refractivity contribution in [2.24, 2.45) is 0 Å². The van der Waals surface area contributed by atoms with E-state index in [9.17, 15) is 4.39 Å². The molecule has 0 aliphatic rings. The molecule has 0 amide bonds. The van der Waals surface area contributed by atoms with Crippen LogP contribution < -0.4 is 0 Å². The molecule has 5 heteroatoms. The monoisotopic (exact) mass is 235 g/mol. The van der Waals surface area contributed by atoms with Gasteiger partial charge in [0.1, 0.15) is 5.82 Å². The van der Waals surface area contributed by atoms with Crippen LogP contribution in [-0.2, 0) is 13.1 Å². The second kappa shape index (κ2) is 5.05. The molecule has 1 heterocycles. The van der Waals surface area contributed by atoms with Gasteiger partial charge in [-0.3, -0.25) is 4.90 Å². The summed E-state index contributed by atoms with van der Waals surface area (Å²) in [5.74, 6) is 0.890. The second-order valence-corrected chi connectivity index (χ2v) is 3.98. The molecule has 0 aliphatic heterocycles. The first-order chi connectivity index (χ1) is 8.15. The molecule has 1 aromatic carbocycles. The van der Waals surface area contributed by atoms with E-state index in [2.05, 4.69) is 10.2 Å². The SMILES string of the molecule is Cc1nnc(CN(C)Cc2ccccc2F)o1. The smallest absolute Gasteiger partial charge is 0.230 e. The highest BCUT2D eigenvalue weighted by molar-refractivity contribution is 5.16. The molecule has 0 saturated heterocycles. The molecule has 0 unspecified atom stereocenters. The molecule has 4 nitrogen and oxygen atoms in total. The molecule has 0 saturated carbocycles. The molecular formula is C12H14FN3O. The third-order valence-electron chi connectivity index (χ3n) is 2.37. The Balaban J connectivity index is 1.98. The van der Waals surface area contributed by atoms with E-state index in [1.807, 2.05) is 18.0 Å². The summed E-state index contributed by atoms with van der Waals surface area (Å²) >= 11 is 0. The van der Waals surface area contributed by atoms with Crippen LogP contribution in [0.15, 0.2) is 28.7 Å². The van der Waals surface area contributed by atoms with Crippen LogP contribution in [0.3, 0.4) is 0 Å². The standard InChI is InChI=1S/C12H14FN3O/c1-9-14-15-12(17-9)8-16(2)7-10-5-3-4-6-11(10)13/h3-6H,7-8H2,1-2H3. The maximum atomic E-state index is 13.4. The molecule has 1 aromatic heterocycles. The Morgan fingerprint density at radius 3 is 2.65 bits per heavy atom. The molecule has 0 N–H and O–H groups in total. The highest BCUT2D eigenvalue weighted by Crippen LogP contribution is 2.10. The summed E-state index contributed by atoms with van der Waals surface area (Å²) in [6.45, 7) is 2.76. The van der Waals surface area contributed by atoms with Gasteiger partial charge in [-0.1, -0.05) is 18.2 Å². The minimum absolute atomic E-state index is 0.193. The first kappa shape index (κ1) is 11.7. The van der Waals surface area contributed by atoms with Crippen molar-refractivity contribution in [2.45, 2.75) is 20.0 Å². The van der Waals surface area contributed by atoms with Gasteiger partial charge in [0, 0.05) is 19.0 Å². The molecule has 0 radical (unpaired) electrons. The van der Waals surface area contributed by atoms with Crippen molar-refractivity contribution in [2.75, 3.05) is 7.05 Å². The van der Waals surface area contributed by atoms with Crippen molar-refractivity contribution in [3.63, 3.8) is 0 Å². The third-order valence-corrected chi connectivity index (χ3v) is 2.37. The minimum atomic E-state index is -0.193. The summed E-state index contributed by atoms with van der Waals surface area (Å²) in [5.41, 5.74) is 0.659. The summed E-state index contributed by atoms with van der Waals surface area (Å²) in [5, 5.41) is 7.64. The lowest BCUT2D eigenvalue weighted by molar-refractivity contribution is 0.275. The molecule has 17 heavy (non-hydrogen) atoms. The number of nitrogens with zero attached hydrogens (tertiary/aromatic N) is 3. The Morgan fingerprint density at radius 1 is 1.24 bits per heavy atom. The van der Waals surface area contributed by atoms with Crippen LogP contribution in [0.2, 0.25) is 0 Å². The second-order valence-electron chi connectivity index (χ2n) is 3.98. The van der Waals surface area contributed by atoms with Crippen LogP contribution in [-0.4, -0.2) is 22.1 Å². The fourth-order valence-electron chi connectivity index (χ4n) is 1.61. The number of halogens is 1. The largest absolute Gasteiger partial charge is 0.424 e. The lowest BCUT2D eigenvalue weighted by atomic mass is 10.2. The van der Waals surface area contributed by atoms with Crippen LogP contribution in [0.1, 0.15) is 17.3 Å². The van der Waals surface area contributed by atoms with E-state index in [1.165, 1.54) is 6.07 Å². The van der Waals surface area contributed by atoms with Crippen LogP contribution in [0, 0.1) is 12.7 Å². The van der Waals surface area contributed by atoms with Gasteiger partial charge in [-0.2, -0.15) is 0 Å². The Bertz CT molecular complexity index is 498. The quantitative estimate of drug-likeness (QED) is 0.814. The number of aryl methyl sites for hydroxylation is 1. The zero-order valence-electron chi connectivity index (χ0n) is 9.85. The van der Waals surface area contributed by atoms with E-state index < -0.39 is 0 Å². The molecule has 90 valence electrons. The normalized spacial score (nSPS) is 11.1. The van der Waals surface area contributed by atoms with Gasteiger partial charge in [0.15, 0.2) is 0 Å². The van der Waals surface area contributed by atoms with Crippen LogP contribution in [0.5, 0.6) is 0 Å². The fourth-order valence-corrected chi connectivity index (χ4v) is 1.61. The molecule has 0 fully saturated rings. The minimum Gasteiger partial charge on any atom is -0.424 e. The van der Waals surface area contributed by atoms with Crippen molar-refractivity contribution in [1.29, 1.82) is 0 Å². The van der Waals surface area contributed by atoms with Crippen LogP contribution >= 0.6 is 0 Å². The first-order valence-electron chi connectivity index (χ1n) is 5.36. The summed E-state index contributed by atoms with van der Waals surface area (Å²) in [4.78, 5) is 1.92. The molecular weight excluding hydrogens is 221 g/mol. The van der Waals surface area contributed by atoms with Gasteiger partial charge in [0.25, 0.3) is 0 Å². The van der Waals surface area contributed by atoms with Gasteiger partial charge in [0.05, 0.1) is 6.54 Å². The number of rotatable bonds is 4. The number of hydrogen-bond acceptors (Lipinski definition) is 4. The van der Waals surface area contributed by atoms with Crippen molar-refractivity contribution < 1.29 is 8.81 Å². The molecule has 0 spiro atoms. The van der Waals surface area contributed by atoms with E-state index in [-0.39, 0.29) is 5.82 Å². The van der Waals surface area contributed by atoms with E-state index in [0.717, 1.165) is 0 Å². The van der Waals surface area contributed by atoms with E-state index in [4.69, 9.17) is 4.42 Å². The van der Waals surface area contributed by atoms with Gasteiger partial charge < -0.3 is 4.42 Å². The van der Waals surface area contributed by atoms with Gasteiger partial charge in [0.2, 0.25) is 11.8 Å². The number of aromatic nitrogens is 2. The topological polar surface area (TPSA) is 42.2 Å². The predicted octanol–water partition coefficient (Wildman–Crippen LogP) is 2.15. The Morgan fingerprint density at radius 2 is 2.00 bits per heavy atom. The van der Waals surface area contributed by atoms with Crippen molar-refractivity contribution in [3.8, 4) is 0 Å². The lowest BCUT2D eigenvalue weighted by Crippen LogP contribution is -2.18. The average Bonchev–Trinajstić information content (AvgIpc) is 2.67. The van der Waals surface area contributed by atoms with Gasteiger partial charge >= 0.3 is 0 Å². The fraction of sp³-hybridized carbons (Fsp3) is 0.333. The molecule has 2 aromatic rings. The maximum absolute atomic E-state index is 13.4. The summed E-state index contributed by atoms with van der Waals surface area (Å²) in [6.07, 6.45) is 0. The molecule has 0 bridgehead atoms. The zero-order chi connectivity index (χ0) is 12.3. The third kappa shape index (κ3) is 3.10. The highest BCUT2D eigenvalue weighted by atomic mass is 19.1. The molecule has 2 rings (SSSR count). The Kier molecular flexibility index (Phi) is 3.49. The van der Waals surface area contributed by atoms with Gasteiger partial charge in [-0.05, 0) is 13.1 Å². The van der Waals surface area contributed by atoms with Gasteiger partial charge in [-0.25, -0.2) is 4.39 Å². The first-order valence-corrected chi connectivity index (χ1v) is 5.36. The van der Waals surface area contributed by atoms with Crippen LogP contribution in [0.4, 0.5) is 4.39 Å². The van der Waals surface area contributed by atoms with Crippen molar-refractivity contribution in [3.05, 3.63) is 47.4 Å².